The minimum absolute atomic E-state index is 0.0345. The van der Waals surface area contributed by atoms with E-state index in [4.69, 9.17) is 17.2 Å². The molecule has 1 aliphatic rings. The molecule has 1 rings (SSSR count). The molecule has 0 aromatic rings. The lowest BCUT2D eigenvalue weighted by molar-refractivity contribution is -0.145. The number of aliphatic carboxylic acids is 4. The topological polar surface area (TPSA) is 506 Å². The standard InChI is InChI=1S/C42H67N11O19/c1-5-19(4)33(41(70)53-14-6-7-26(53)40(69)50-25(17-54)39(68)51-32(18(2)3)42(71)72)52-38(67)24(16-28(45)56)49-37(66)23(10-13-31(61)62)48-36(65)22(9-12-30(59)60)47-35(64)21(8-11-29(57)58)46-34(63)20(43)15-27(44)55/h18-26,32-33,54H,5-17,43H2,1-4H3,(H2,44,55)(H2,45,56)(H,46,63)(H,47,64)(H,48,65)(H,49,66)(H,50,69)(H,51,68)(H,52,67)(H,57,58)(H,59,60)(H,61,62)(H,71,72)/t19-,20-,21-,22-,23-,24-,25-,26-,32-,33-/m0/s1. The third-order valence-corrected chi connectivity index (χ3v) is 11.3. The third-order valence-electron chi connectivity index (χ3n) is 11.3. The Morgan fingerprint density at radius 2 is 0.958 bits per heavy atom. The number of aliphatic hydroxyl groups excluding tert-OH is 1. The van der Waals surface area contributed by atoms with Crippen LogP contribution in [0.15, 0.2) is 0 Å². The summed E-state index contributed by atoms with van der Waals surface area (Å²) >= 11 is 0. The van der Waals surface area contributed by atoms with Crippen LogP contribution in [0, 0.1) is 11.8 Å². The smallest absolute Gasteiger partial charge is 0.326 e. The predicted molar refractivity (Wildman–Crippen MR) is 243 cm³/mol. The second kappa shape index (κ2) is 30.3. The Bertz CT molecular complexity index is 2040. The van der Waals surface area contributed by atoms with Gasteiger partial charge in [-0.15, -0.1) is 0 Å². The predicted octanol–water partition coefficient (Wildman–Crippen LogP) is -6.18. The zero-order chi connectivity index (χ0) is 55.2. The average molecular weight is 1030 g/mol. The van der Waals surface area contributed by atoms with Gasteiger partial charge in [0, 0.05) is 25.8 Å². The van der Waals surface area contributed by atoms with E-state index in [0.717, 1.165) is 4.90 Å². The Morgan fingerprint density at radius 3 is 1.35 bits per heavy atom. The molecule has 1 aliphatic heterocycles. The first-order valence-corrected chi connectivity index (χ1v) is 22.8. The number of likely N-dealkylation sites (tertiary alicyclic amines) is 1. The van der Waals surface area contributed by atoms with Gasteiger partial charge >= 0.3 is 23.9 Å². The number of primary amides is 2. The fourth-order valence-electron chi connectivity index (χ4n) is 7.07. The normalized spacial score (nSPS) is 16.9. The van der Waals surface area contributed by atoms with E-state index in [-0.39, 0.29) is 25.8 Å². The van der Waals surface area contributed by atoms with Crippen LogP contribution in [-0.2, 0) is 67.1 Å². The summed E-state index contributed by atoms with van der Waals surface area (Å²) in [4.78, 5) is 179. The van der Waals surface area contributed by atoms with Gasteiger partial charge in [-0.3, -0.25) is 62.3 Å². The van der Waals surface area contributed by atoms with Crippen LogP contribution in [0.4, 0.5) is 0 Å². The quantitative estimate of drug-likeness (QED) is 0.0291. The van der Waals surface area contributed by atoms with Crippen LogP contribution < -0.4 is 54.4 Å². The van der Waals surface area contributed by atoms with E-state index in [2.05, 4.69) is 37.2 Å². The van der Waals surface area contributed by atoms with Crippen LogP contribution in [-0.4, -0.2) is 181 Å². The molecular weight excluding hydrogens is 963 g/mol. The van der Waals surface area contributed by atoms with Gasteiger partial charge < -0.3 is 84.9 Å². The van der Waals surface area contributed by atoms with E-state index in [1.54, 1.807) is 13.8 Å². The molecule has 0 bridgehead atoms. The van der Waals surface area contributed by atoms with Crippen LogP contribution in [0.1, 0.15) is 98.3 Å². The summed E-state index contributed by atoms with van der Waals surface area (Å²) in [6, 6.07) is -14.8. The number of nitrogens with two attached hydrogens (primary N) is 3. The summed E-state index contributed by atoms with van der Waals surface area (Å²) in [6.45, 7) is 5.26. The molecule has 30 nitrogen and oxygen atoms in total. The Kier molecular flexibility index (Phi) is 26.3. The monoisotopic (exact) mass is 1030 g/mol. The van der Waals surface area contributed by atoms with Crippen molar-refractivity contribution >= 4 is 82.9 Å². The second-order valence-corrected chi connectivity index (χ2v) is 17.4. The maximum Gasteiger partial charge on any atom is 0.326 e. The molecule has 0 aliphatic carbocycles. The van der Waals surface area contributed by atoms with Gasteiger partial charge in [0.1, 0.15) is 48.3 Å². The highest BCUT2D eigenvalue weighted by atomic mass is 16.4. The lowest BCUT2D eigenvalue weighted by Gasteiger charge is -2.33. The van der Waals surface area contributed by atoms with E-state index in [0.29, 0.717) is 0 Å². The Balaban J connectivity index is 3.48. The molecule has 72 heavy (non-hydrogen) atoms. The summed E-state index contributed by atoms with van der Waals surface area (Å²) in [7, 11) is 0. The number of carboxylic acids is 4. The molecular formula is C42H67N11O19. The Hall–Kier alpha value is -7.50. The molecule has 10 amide bonds. The summed E-state index contributed by atoms with van der Waals surface area (Å²) < 4.78 is 0. The second-order valence-electron chi connectivity index (χ2n) is 17.4. The van der Waals surface area contributed by atoms with Gasteiger partial charge in [0.05, 0.1) is 25.5 Å². The third kappa shape index (κ3) is 21.2. The molecule has 404 valence electrons. The molecule has 1 heterocycles. The van der Waals surface area contributed by atoms with E-state index in [1.807, 2.05) is 0 Å². The molecule has 30 heteroatoms. The molecule has 0 aromatic carbocycles. The average Bonchev–Trinajstić information content (AvgIpc) is 3.79. The van der Waals surface area contributed by atoms with Gasteiger partial charge in [-0.25, -0.2) is 4.79 Å². The summed E-state index contributed by atoms with van der Waals surface area (Å²) in [5.41, 5.74) is 16.1. The molecule has 0 unspecified atom stereocenters. The lowest BCUT2D eigenvalue weighted by atomic mass is 9.96. The van der Waals surface area contributed by atoms with E-state index in [9.17, 15) is 92.7 Å². The number of carbonyl (C=O) groups excluding carboxylic acids is 10. The van der Waals surface area contributed by atoms with E-state index >= 15 is 0 Å². The van der Waals surface area contributed by atoms with Gasteiger partial charge in [-0.05, 0) is 43.9 Å². The van der Waals surface area contributed by atoms with E-state index < -0.39 is 207 Å². The van der Waals surface area contributed by atoms with Crippen LogP contribution in [0.5, 0.6) is 0 Å². The summed E-state index contributed by atoms with van der Waals surface area (Å²) in [5, 5.41) is 63.1. The number of carbonyl (C=O) groups is 14. The number of carboxylic acid groups (broad SMARTS) is 4. The maximum atomic E-state index is 14.2. The van der Waals surface area contributed by atoms with Crippen molar-refractivity contribution in [2.45, 2.75) is 153 Å². The number of nitrogens with one attached hydrogen (secondary N) is 7. The summed E-state index contributed by atoms with van der Waals surface area (Å²) in [6.07, 6.45) is -5.51. The van der Waals surface area contributed by atoms with Crippen molar-refractivity contribution in [2.24, 2.45) is 29.0 Å². The molecule has 1 fully saturated rings. The first-order valence-electron chi connectivity index (χ1n) is 22.8. The van der Waals surface area contributed by atoms with Gasteiger partial charge in [0.2, 0.25) is 59.1 Å². The number of rotatable bonds is 33. The van der Waals surface area contributed by atoms with E-state index in [1.165, 1.54) is 13.8 Å². The van der Waals surface area contributed by atoms with Gasteiger partial charge in [0.15, 0.2) is 0 Å². The number of hydrogen-bond acceptors (Lipinski definition) is 16. The Labute approximate surface area is 412 Å². The fraction of sp³-hybridized carbons (Fsp3) is 0.667. The van der Waals surface area contributed by atoms with Crippen molar-refractivity contribution in [2.75, 3.05) is 13.2 Å². The SMILES string of the molecule is CC[C@H](C)[C@H](NC(=O)[C@H](CC(N)=O)NC(=O)[C@H](CCC(=O)O)NC(=O)[C@H](CCC(=O)O)NC(=O)[C@H](CCC(=O)O)NC(=O)[C@@H](N)CC(N)=O)C(=O)N1CCC[C@H]1C(=O)N[C@@H](CO)C(=O)N[C@H](C(=O)O)C(C)C. The van der Waals surface area contributed by atoms with Crippen molar-refractivity contribution in [3.8, 4) is 0 Å². The van der Waals surface area contributed by atoms with Crippen LogP contribution in [0.25, 0.3) is 0 Å². The highest BCUT2D eigenvalue weighted by Crippen LogP contribution is 2.22. The highest BCUT2D eigenvalue weighted by molar-refractivity contribution is 5.99. The zero-order valence-electron chi connectivity index (χ0n) is 40.2. The molecule has 0 aromatic heterocycles. The lowest BCUT2D eigenvalue weighted by Crippen LogP contribution is -2.61. The summed E-state index contributed by atoms with van der Waals surface area (Å²) in [5.74, 6) is -18.2. The number of hydrogen-bond donors (Lipinski definition) is 15. The Morgan fingerprint density at radius 1 is 0.556 bits per heavy atom. The highest BCUT2D eigenvalue weighted by Gasteiger charge is 2.42. The molecule has 0 spiro atoms. The molecule has 18 N–H and O–H groups in total. The molecule has 0 saturated carbocycles. The largest absolute Gasteiger partial charge is 0.481 e. The van der Waals surface area contributed by atoms with Crippen molar-refractivity contribution < 1.29 is 92.7 Å². The fourth-order valence-corrected chi connectivity index (χ4v) is 7.07. The zero-order valence-corrected chi connectivity index (χ0v) is 40.2. The van der Waals surface area contributed by atoms with Crippen molar-refractivity contribution in [1.29, 1.82) is 0 Å². The minimum atomic E-state index is -1.93. The van der Waals surface area contributed by atoms with Gasteiger partial charge in [0.25, 0.3) is 0 Å². The molecule has 0 radical (unpaired) electrons. The van der Waals surface area contributed by atoms with Crippen LogP contribution >= 0.6 is 0 Å². The van der Waals surface area contributed by atoms with Crippen molar-refractivity contribution in [1.82, 2.24) is 42.1 Å². The van der Waals surface area contributed by atoms with Crippen molar-refractivity contribution in [3.63, 3.8) is 0 Å². The minimum Gasteiger partial charge on any atom is -0.481 e. The van der Waals surface area contributed by atoms with Gasteiger partial charge in [-0.2, -0.15) is 0 Å². The first kappa shape index (κ1) is 62.5. The maximum absolute atomic E-state index is 14.2. The molecule has 10 atom stereocenters. The number of amides is 10. The molecule has 1 saturated heterocycles. The van der Waals surface area contributed by atoms with Gasteiger partial charge in [-0.1, -0.05) is 34.1 Å². The van der Waals surface area contributed by atoms with Crippen LogP contribution in [0.3, 0.4) is 0 Å². The number of aliphatic hydroxyl groups is 1. The van der Waals surface area contributed by atoms with Crippen LogP contribution in [0.2, 0.25) is 0 Å². The number of nitrogens with zero attached hydrogens (tertiary/aromatic N) is 1. The first-order chi connectivity index (χ1) is 33.5. The van der Waals surface area contributed by atoms with Crippen molar-refractivity contribution in [3.05, 3.63) is 0 Å².